The van der Waals surface area contributed by atoms with Gasteiger partial charge >= 0.3 is 0 Å². The lowest BCUT2D eigenvalue weighted by molar-refractivity contribution is -0.132. The van der Waals surface area contributed by atoms with E-state index in [2.05, 4.69) is 21.2 Å². The van der Waals surface area contributed by atoms with Crippen LogP contribution in [0.1, 0.15) is 36.9 Å². The zero-order valence-electron chi connectivity index (χ0n) is 22.5. The summed E-state index contributed by atoms with van der Waals surface area (Å²) in [5.41, 5.74) is 2.23. The summed E-state index contributed by atoms with van der Waals surface area (Å²) in [6, 6.07) is 17.4. The van der Waals surface area contributed by atoms with Crippen molar-refractivity contribution in [3.63, 3.8) is 0 Å². The number of fused-ring (bicyclic) bond motifs is 1. The van der Waals surface area contributed by atoms with Gasteiger partial charge in [0.2, 0.25) is 5.91 Å². The second-order valence-corrected chi connectivity index (χ2v) is 12.1. The van der Waals surface area contributed by atoms with Crippen molar-refractivity contribution in [3.05, 3.63) is 80.7 Å². The van der Waals surface area contributed by atoms with E-state index >= 15 is 0 Å². The van der Waals surface area contributed by atoms with Gasteiger partial charge in [-0.25, -0.2) is 4.98 Å². The Balaban J connectivity index is 1.08. The van der Waals surface area contributed by atoms with Crippen molar-refractivity contribution in [1.29, 1.82) is 0 Å². The molecule has 2 aromatic carbocycles. The number of halogens is 1. The number of amides is 1. The molecule has 1 aliphatic heterocycles. The minimum Gasteiger partial charge on any atom is -0.491 e. The molecule has 0 radical (unpaired) electrons. The van der Waals surface area contributed by atoms with Crippen molar-refractivity contribution in [2.45, 2.75) is 49.1 Å². The van der Waals surface area contributed by atoms with Gasteiger partial charge in [0, 0.05) is 42.2 Å². The molecule has 1 fully saturated rings. The molecule has 0 saturated heterocycles. The van der Waals surface area contributed by atoms with Crippen LogP contribution < -0.4 is 15.6 Å². The molecule has 8 nitrogen and oxygen atoms in total. The summed E-state index contributed by atoms with van der Waals surface area (Å²) in [4.78, 5) is 33.4. The van der Waals surface area contributed by atoms with Crippen LogP contribution in [0, 0.1) is 0 Å². The molecule has 212 valence electrons. The molecular weight excluding hydrogens is 592 g/mol. The van der Waals surface area contributed by atoms with E-state index in [9.17, 15) is 9.59 Å². The second-order valence-electron chi connectivity index (χ2n) is 9.95. The standard InChI is InChI=1S/C30H35BrN4O4S/c31-22-9-11-24(12-10-22)39-20-19-38-18-16-32-15-13-28(36)34-17-14-27-26(21-34)29(37)35(23-5-2-1-3-6-23)30(33-27)40-25-7-4-8-25/h1-3,5-6,9-12,25,32H,4,7-8,13-21H2. The summed E-state index contributed by atoms with van der Waals surface area (Å²) < 4.78 is 14.0. The molecule has 0 bridgehead atoms. The first-order valence-electron chi connectivity index (χ1n) is 13.9. The predicted molar refractivity (Wildman–Crippen MR) is 160 cm³/mol. The van der Waals surface area contributed by atoms with Crippen molar-refractivity contribution in [2.75, 3.05) is 39.5 Å². The molecule has 3 aromatic rings. The number of hydrogen-bond donors (Lipinski definition) is 1. The first kappa shape index (κ1) is 28.9. The molecule has 0 atom stereocenters. The maximum atomic E-state index is 13.7. The highest BCUT2D eigenvalue weighted by Crippen LogP contribution is 2.36. The van der Waals surface area contributed by atoms with Gasteiger partial charge in [-0.3, -0.25) is 14.2 Å². The Hall–Kier alpha value is -2.66. The van der Waals surface area contributed by atoms with Gasteiger partial charge < -0.3 is 19.7 Å². The second kappa shape index (κ2) is 14.3. The number of nitrogens with zero attached hydrogens (tertiary/aromatic N) is 3. The van der Waals surface area contributed by atoms with Crippen LogP contribution in [0.5, 0.6) is 5.75 Å². The zero-order chi connectivity index (χ0) is 27.7. The Labute approximate surface area is 247 Å². The van der Waals surface area contributed by atoms with Gasteiger partial charge in [-0.1, -0.05) is 52.3 Å². The molecule has 2 aliphatic rings. The number of para-hydroxylation sites is 1. The van der Waals surface area contributed by atoms with Crippen LogP contribution >= 0.6 is 27.7 Å². The summed E-state index contributed by atoms with van der Waals surface area (Å²) in [7, 11) is 0. The van der Waals surface area contributed by atoms with Crippen LogP contribution in [0.4, 0.5) is 0 Å². The van der Waals surface area contributed by atoms with Gasteiger partial charge in [0.15, 0.2) is 5.16 Å². The molecule has 0 spiro atoms. The van der Waals surface area contributed by atoms with Crippen LogP contribution in [0.15, 0.2) is 69.0 Å². The Morgan fingerprint density at radius 3 is 2.60 bits per heavy atom. The molecule has 1 amide bonds. The van der Waals surface area contributed by atoms with Gasteiger partial charge in [-0.2, -0.15) is 0 Å². The van der Waals surface area contributed by atoms with Gasteiger partial charge in [-0.05, 0) is 49.2 Å². The van der Waals surface area contributed by atoms with Crippen LogP contribution in [-0.2, 0) is 22.5 Å². The number of ether oxygens (including phenoxy) is 2. The van der Waals surface area contributed by atoms with E-state index in [1.54, 1.807) is 21.2 Å². The van der Waals surface area contributed by atoms with Gasteiger partial charge in [0.05, 0.1) is 36.7 Å². The molecule has 2 heterocycles. The fraction of sp³-hybridized carbons (Fsp3) is 0.433. The minimum atomic E-state index is -0.0603. The lowest BCUT2D eigenvalue weighted by atomic mass is 10.0. The molecule has 1 N–H and O–H groups in total. The Morgan fingerprint density at radius 2 is 1.85 bits per heavy atom. The number of thioether (sulfide) groups is 1. The molecule has 1 aromatic heterocycles. The summed E-state index contributed by atoms with van der Waals surface area (Å²) in [5.74, 6) is 0.854. The van der Waals surface area contributed by atoms with E-state index in [1.807, 2.05) is 54.6 Å². The monoisotopic (exact) mass is 626 g/mol. The summed E-state index contributed by atoms with van der Waals surface area (Å²) >= 11 is 5.12. The lowest BCUT2D eigenvalue weighted by Crippen LogP contribution is -2.42. The number of rotatable bonds is 13. The highest BCUT2D eigenvalue weighted by atomic mass is 79.9. The fourth-order valence-corrected chi connectivity index (χ4v) is 6.25. The van der Waals surface area contributed by atoms with E-state index in [0.717, 1.165) is 39.6 Å². The number of hydrogen-bond acceptors (Lipinski definition) is 7. The fourth-order valence-electron chi connectivity index (χ4n) is 4.66. The number of nitrogens with one attached hydrogen (secondary N) is 1. The first-order chi connectivity index (χ1) is 19.6. The number of carbonyl (C=O) groups excluding carboxylic acids is 1. The third-order valence-corrected chi connectivity index (χ3v) is 8.96. The molecule has 5 rings (SSSR count). The molecule has 1 saturated carbocycles. The van der Waals surface area contributed by atoms with Gasteiger partial charge in [-0.15, -0.1) is 0 Å². The van der Waals surface area contributed by atoms with Crippen molar-refractivity contribution in [1.82, 2.24) is 19.8 Å². The van der Waals surface area contributed by atoms with Crippen molar-refractivity contribution >= 4 is 33.6 Å². The average molecular weight is 628 g/mol. The van der Waals surface area contributed by atoms with Crippen molar-refractivity contribution < 1.29 is 14.3 Å². The maximum absolute atomic E-state index is 13.7. The summed E-state index contributed by atoms with van der Waals surface area (Å²) in [6.45, 7) is 3.63. The first-order valence-corrected chi connectivity index (χ1v) is 15.6. The Kier molecular flexibility index (Phi) is 10.3. The third-order valence-electron chi connectivity index (χ3n) is 7.14. The number of benzene rings is 2. The van der Waals surface area contributed by atoms with E-state index in [4.69, 9.17) is 14.5 Å². The van der Waals surface area contributed by atoms with Crippen LogP contribution in [-0.4, -0.2) is 65.1 Å². The van der Waals surface area contributed by atoms with E-state index < -0.39 is 0 Å². The Morgan fingerprint density at radius 1 is 1.05 bits per heavy atom. The van der Waals surface area contributed by atoms with Gasteiger partial charge in [0.25, 0.3) is 5.56 Å². The summed E-state index contributed by atoms with van der Waals surface area (Å²) in [5, 5.41) is 4.56. The van der Waals surface area contributed by atoms with Crippen LogP contribution in [0.3, 0.4) is 0 Å². The molecule has 10 heteroatoms. The lowest BCUT2D eigenvalue weighted by Gasteiger charge is -2.30. The SMILES string of the molecule is O=C(CCNCCOCCOc1ccc(Br)cc1)N1CCc2nc(SC3CCC3)n(-c3ccccc3)c(=O)c2C1. The highest BCUT2D eigenvalue weighted by molar-refractivity contribution is 9.10. The molecule has 1 aliphatic carbocycles. The number of carbonyl (C=O) groups is 1. The minimum absolute atomic E-state index is 0.0422. The van der Waals surface area contributed by atoms with Crippen molar-refractivity contribution in [2.24, 2.45) is 0 Å². The van der Waals surface area contributed by atoms with E-state index in [0.29, 0.717) is 69.7 Å². The Bertz CT molecular complexity index is 1330. The maximum Gasteiger partial charge on any atom is 0.264 e. The van der Waals surface area contributed by atoms with Crippen molar-refractivity contribution in [3.8, 4) is 11.4 Å². The molecular formula is C30H35BrN4O4S. The normalized spacial score (nSPS) is 15.0. The van der Waals surface area contributed by atoms with Crippen LogP contribution in [0.2, 0.25) is 0 Å². The largest absolute Gasteiger partial charge is 0.491 e. The highest BCUT2D eigenvalue weighted by Gasteiger charge is 2.28. The quantitative estimate of drug-likeness (QED) is 0.219. The van der Waals surface area contributed by atoms with Gasteiger partial charge in [0.1, 0.15) is 12.4 Å². The zero-order valence-corrected chi connectivity index (χ0v) is 24.9. The van der Waals surface area contributed by atoms with Crippen LogP contribution in [0.25, 0.3) is 5.69 Å². The smallest absolute Gasteiger partial charge is 0.264 e. The van der Waals surface area contributed by atoms with E-state index in [-0.39, 0.29) is 11.5 Å². The third kappa shape index (κ3) is 7.54. The molecule has 0 unspecified atom stereocenters. The topological polar surface area (TPSA) is 85.7 Å². The van der Waals surface area contributed by atoms with E-state index in [1.165, 1.54) is 6.42 Å². The average Bonchev–Trinajstić information content (AvgIpc) is 2.95. The summed E-state index contributed by atoms with van der Waals surface area (Å²) in [6.07, 6.45) is 4.54. The predicted octanol–water partition coefficient (Wildman–Crippen LogP) is 4.60. The molecule has 40 heavy (non-hydrogen) atoms. The number of aromatic nitrogens is 2.